The molecular formula is C19H19N5O7S. The van der Waals surface area contributed by atoms with Gasteiger partial charge in [-0.2, -0.15) is 5.10 Å². The number of aryl methyl sites for hydroxylation is 1. The summed E-state index contributed by atoms with van der Waals surface area (Å²) < 4.78 is 31.3. The number of carbonyl (C=O) groups excluding carboxylic acids is 1. The normalized spacial score (nSPS) is 11.3. The topological polar surface area (TPSA) is 163 Å². The summed E-state index contributed by atoms with van der Waals surface area (Å²) in [5.41, 5.74) is 0.713. The quantitative estimate of drug-likeness (QED) is 0.375. The smallest absolute Gasteiger partial charge is 0.293 e. The summed E-state index contributed by atoms with van der Waals surface area (Å²) in [5, 5.41) is 15.8. The highest BCUT2D eigenvalue weighted by molar-refractivity contribution is 7.89. The maximum atomic E-state index is 12.8. The molecule has 3 rings (SSSR count). The lowest BCUT2D eigenvalue weighted by Crippen LogP contribution is -2.42. The number of nitro benzene ring substituents is 1. The summed E-state index contributed by atoms with van der Waals surface area (Å²) in [6.07, 6.45) is 0.583. The van der Waals surface area contributed by atoms with Crippen LogP contribution < -0.4 is 20.6 Å². The van der Waals surface area contributed by atoms with Gasteiger partial charge in [-0.1, -0.05) is 25.1 Å². The molecule has 0 fully saturated rings. The van der Waals surface area contributed by atoms with E-state index in [-0.39, 0.29) is 34.3 Å². The van der Waals surface area contributed by atoms with Gasteiger partial charge in [-0.25, -0.2) is 13.1 Å². The largest absolute Gasteiger partial charge is 0.497 e. The van der Waals surface area contributed by atoms with Crippen LogP contribution >= 0.6 is 0 Å². The molecule has 0 saturated heterocycles. The molecular weight excluding hydrogens is 442 g/mol. The lowest BCUT2D eigenvalue weighted by atomic mass is 10.1. The average Bonchev–Trinajstić information content (AvgIpc) is 2.79. The standard InChI is InChI=1S/C19H19N5O7S/c1-3-10-23-19(26)14-7-5-4-6-13(14)17(21-23)18(25)20-22-32(29,30)16-9-8-12(31-2)11-15(16)24(27)28/h4-9,11,22H,3,10H2,1-2H3,(H,20,25). The number of nitro groups is 1. The van der Waals surface area contributed by atoms with Gasteiger partial charge in [0.25, 0.3) is 27.2 Å². The number of sulfonamides is 1. The lowest BCUT2D eigenvalue weighted by molar-refractivity contribution is -0.387. The van der Waals surface area contributed by atoms with Crippen LogP contribution in [0.1, 0.15) is 23.8 Å². The lowest BCUT2D eigenvalue weighted by Gasteiger charge is -2.12. The van der Waals surface area contributed by atoms with Crippen molar-refractivity contribution in [3.05, 3.63) is 68.6 Å². The van der Waals surface area contributed by atoms with E-state index >= 15 is 0 Å². The zero-order chi connectivity index (χ0) is 23.5. The number of methoxy groups -OCH3 is 1. The number of hydrogen-bond acceptors (Lipinski definition) is 8. The first-order valence-corrected chi connectivity index (χ1v) is 10.8. The van der Waals surface area contributed by atoms with Gasteiger partial charge in [-0.3, -0.25) is 25.1 Å². The molecule has 1 amide bonds. The van der Waals surface area contributed by atoms with Crippen molar-refractivity contribution in [3.8, 4) is 5.75 Å². The Bertz CT molecular complexity index is 1370. The third-order valence-corrected chi connectivity index (χ3v) is 5.76. The molecule has 0 aliphatic carbocycles. The number of nitrogens with one attached hydrogen (secondary N) is 2. The summed E-state index contributed by atoms with van der Waals surface area (Å²) in [6.45, 7) is 2.09. The monoisotopic (exact) mass is 461 g/mol. The minimum absolute atomic E-state index is 0.0912. The van der Waals surface area contributed by atoms with Gasteiger partial charge in [0, 0.05) is 11.9 Å². The average molecular weight is 461 g/mol. The molecule has 2 N–H and O–H groups in total. The number of aromatic nitrogens is 2. The Morgan fingerprint density at radius 1 is 1.22 bits per heavy atom. The van der Waals surface area contributed by atoms with Crippen LogP contribution in [0.5, 0.6) is 5.75 Å². The number of hydrazine groups is 1. The molecule has 0 saturated carbocycles. The Kier molecular flexibility index (Phi) is 6.50. The highest BCUT2D eigenvalue weighted by atomic mass is 32.2. The number of ether oxygens (including phenoxy) is 1. The van der Waals surface area contributed by atoms with Crippen molar-refractivity contribution in [2.75, 3.05) is 7.11 Å². The van der Waals surface area contributed by atoms with Crippen molar-refractivity contribution in [2.45, 2.75) is 24.8 Å². The van der Waals surface area contributed by atoms with Gasteiger partial charge >= 0.3 is 0 Å². The first kappa shape index (κ1) is 22.8. The molecule has 0 bridgehead atoms. The summed E-state index contributed by atoms with van der Waals surface area (Å²) in [6, 6.07) is 9.46. The second-order valence-corrected chi connectivity index (χ2v) is 8.22. The van der Waals surface area contributed by atoms with Gasteiger partial charge in [-0.15, -0.1) is 4.83 Å². The fraction of sp³-hybridized carbons (Fsp3) is 0.211. The van der Waals surface area contributed by atoms with Crippen molar-refractivity contribution >= 4 is 32.4 Å². The highest BCUT2D eigenvalue weighted by Gasteiger charge is 2.27. The molecule has 1 aromatic heterocycles. The number of benzene rings is 2. The van der Waals surface area contributed by atoms with E-state index in [2.05, 4.69) is 5.10 Å². The van der Waals surface area contributed by atoms with Crippen LogP contribution in [0.3, 0.4) is 0 Å². The van der Waals surface area contributed by atoms with Crippen LogP contribution in [0, 0.1) is 10.1 Å². The molecule has 0 aliphatic rings. The Morgan fingerprint density at radius 3 is 2.53 bits per heavy atom. The molecule has 0 unspecified atom stereocenters. The van der Waals surface area contributed by atoms with Crippen LogP contribution in [0.2, 0.25) is 0 Å². The number of fused-ring (bicyclic) bond motifs is 1. The minimum atomic E-state index is -4.52. The van der Waals surface area contributed by atoms with Crippen LogP contribution in [-0.4, -0.2) is 36.1 Å². The SMILES string of the molecule is CCCn1nc(C(=O)NNS(=O)(=O)c2ccc(OC)cc2[N+](=O)[O-])c2ccccc2c1=O. The first-order chi connectivity index (χ1) is 15.2. The second-order valence-electron chi connectivity index (χ2n) is 6.57. The Morgan fingerprint density at radius 2 is 1.91 bits per heavy atom. The van der Waals surface area contributed by atoms with Crippen molar-refractivity contribution in [3.63, 3.8) is 0 Å². The maximum absolute atomic E-state index is 12.8. The van der Waals surface area contributed by atoms with E-state index in [0.29, 0.717) is 6.42 Å². The highest BCUT2D eigenvalue weighted by Crippen LogP contribution is 2.28. The van der Waals surface area contributed by atoms with E-state index in [9.17, 15) is 28.1 Å². The summed E-state index contributed by atoms with van der Waals surface area (Å²) in [4.78, 5) is 36.9. The molecule has 3 aromatic rings. The van der Waals surface area contributed by atoms with E-state index in [0.717, 1.165) is 16.8 Å². The zero-order valence-corrected chi connectivity index (χ0v) is 17.9. The van der Waals surface area contributed by atoms with E-state index in [1.165, 1.54) is 25.3 Å². The molecule has 1 heterocycles. The Labute approximate surface area is 182 Å². The van der Waals surface area contributed by atoms with Crippen LogP contribution in [0.4, 0.5) is 5.69 Å². The van der Waals surface area contributed by atoms with Crippen molar-refractivity contribution in [1.29, 1.82) is 0 Å². The molecule has 0 radical (unpaired) electrons. The van der Waals surface area contributed by atoms with Gasteiger partial charge in [0.2, 0.25) is 0 Å². The Balaban J connectivity index is 1.96. The predicted molar refractivity (Wildman–Crippen MR) is 114 cm³/mol. The van der Waals surface area contributed by atoms with Crippen LogP contribution in [0.25, 0.3) is 10.8 Å². The van der Waals surface area contributed by atoms with Crippen molar-refractivity contribution < 1.29 is 22.9 Å². The summed E-state index contributed by atoms with van der Waals surface area (Å²) >= 11 is 0. The number of nitrogens with zero attached hydrogens (tertiary/aromatic N) is 3. The fourth-order valence-corrected chi connectivity index (χ4v) is 3.98. The van der Waals surface area contributed by atoms with Gasteiger partial charge in [-0.05, 0) is 24.6 Å². The van der Waals surface area contributed by atoms with Crippen molar-refractivity contribution in [2.24, 2.45) is 0 Å². The number of rotatable bonds is 8. The number of carbonyl (C=O) groups is 1. The number of amides is 1. The van der Waals surface area contributed by atoms with E-state index in [1.54, 1.807) is 12.1 Å². The molecule has 0 atom stereocenters. The van der Waals surface area contributed by atoms with E-state index < -0.39 is 31.4 Å². The fourth-order valence-electron chi connectivity index (χ4n) is 2.99. The molecule has 32 heavy (non-hydrogen) atoms. The minimum Gasteiger partial charge on any atom is -0.497 e. The molecule has 168 valence electrons. The zero-order valence-electron chi connectivity index (χ0n) is 17.1. The van der Waals surface area contributed by atoms with E-state index in [4.69, 9.17) is 4.74 Å². The van der Waals surface area contributed by atoms with Crippen molar-refractivity contribution in [1.82, 2.24) is 20.0 Å². The molecule has 13 heteroatoms. The van der Waals surface area contributed by atoms with Gasteiger partial charge in [0.1, 0.15) is 5.75 Å². The summed E-state index contributed by atoms with van der Waals surface area (Å²) in [7, 11) is -3.24. The molecule has 0 spiro atoms. The maximum Gasteiger partial charge on any atom is 0.293 e. The first-order valence-electron chi connectivity index (χ1n) is 9.34. The van der Waals surface area contributed by atoms with Gasteiger partial charge < -0.3 is 4.74 Å². The van der Waals surface area contributed by atoms with E-state index in [1.807, 2.05) is 17.2 Å². The van der Waals surface area contributed by atoms with Crippen LogP contribution in [-0.2, 0) is 16.6 Å². The third kappa shape index (κ3) is 4.43. The van der Waals surface area contributed by atoms with Crippen LogP contribution in [0.15, 0.2) is 52.2 Å². The van der Waals surface area contributed by atoms with Gasteiger partial charge in [0.15, 0.2) is 10.6 Å². The Hall–Kier alpha value is -3.84. The van der Waals surface area contributed by atoms with Gasteiger partial charge in [0.05, 0.1) is 23.5 Å². The second kappa shape index (κ2) is 9.11. The summed E-state index contributed by atoms with van der Waals surface area (Å²) in [5.74, 6) is -0.848. The molecule has 2 aromatic carbocycles. The number of hydrogen-bond donors (Lipinski definition) is 2. The molecule has 12 nitrogen and oxygen atoms in total. The third-order valence-electron chi connectivity index (χ3n) is 4.47. The predicted octanol–water partition coefficient (Wildman–Crippen LogP) is 1.35. The molecule has 0 aliphatic heterocycles.